The van der Waals surface area contributed by atoms with Gasteiger partial charge in [0.2, 0.25) is 0 Å². The van der Waals surface area contributed by atoms with Crippen LogP contribution in [-0.2, 0) is 7.05 Å². The van der Waals surface area contributed by atoms with Crippen LogP contribution in [0.5, 0.6) is 0 Å². The molecule has 1 aromatic heterocycles. The van der Waals surface area contributed by atoms with Gasteiger partial charge in [0.15, 0.2) is 0 Å². The zero-order chi connectivity index (χ0) is 11.4. The smallest absolute Gasteiger partial charge is 0.0642 e. The Morgan fingerprint density at radius 2 is 2.25 bits per heavy atom. The third-order valence-corrected chi connectivity index (χ3v) is 3.20. The molecule has 1 aliphatic heterocycles. The molecule has 1 aliphatic rings. The van der Waals surface area contributed by atoms with Crippen molar-refractivity contribution in [2.45, 2.75) is 12.5 Å². The molecule has 0 spiro atoms. The fourth-order valence-electron chi connectivity index (χ4n) is 2.32. The van der Waals surface area contributed by atoms with Crippen LogP contribution in [0.25, 0.3) is 0 Å². The van der Waals surface area contributed by atoms with E-state index in [0.29, 0.717) is 6.42 Å². The lowest BCUT2D eigenvalue weighted by Crippen LogP contribution is -2.45. The van der Waals surface area contributed by atoms with Crippen LogP contribution >= 0.6 is 0 Å². The van der Waals surface area contributed by atoms with E-state index in [1.54, 1.807) is 0 Å². The molecule has 2 rings (SSSR count). The van der Waals surface area contributed by atoms with Gasteiger partial charge in [0.25, 0.3) is 0 Å². The molecule has 1 atom stereocenters. The largest absolute Gasteiger partial charge is 0.353 e. The van der Waals surface area contributed by atoms with Gasteiger partial charge in [-0.1, -0.05) is 0 Å². The Kier molecular flexibility index (Phi) is 3.60. The van der Waals surface area contributed by atoms with Crippen LogP contribution in [0.1, 0.15) is 18.2 Å². The van der Waals surface area contributed by atoms with Crippen molar-refractivity contribution in [2.24, 2.45) is 7.05 Å². The molecule has 1 saturated heterocycles. The van der Waals surface area contributed by atoms with Crippen LogP contribution in [0.15, 0.2) is 18.3 Å². The minimum Gasteiger partial charge on any atom is -0.353 e. The van der Waals surface area contributed by atoms with Crippen LogP contribution in [0.3, 0.4) is 0 Å². The van der Waals surface area contributed by atoms with Gasteiger partial charge in [-0.05, 0) is 12.1 Å². The first kappa shape index (κ1) is 11.2. The Hall–Kier alpha value is -1.31. The molecular formula is C12H18N4. The van der Waals surface area contributed by atoms with Gasteiger partial charge in [-0.15, -0.1) is 0 Å². The normalized spacial score (nSPS) is 19.2. The maximum absolute atomic E-state index is 8.96. The second kappa shape index (κ2) is 5.15. The average Bonchev–Trinajstić information content (AvgIpc) is 2.73. The summed E-state index contributed by atoms with van der Waals surface area (Å²) in [6.45, 7) is 4.09. The molecule has 1 fully saturated rings. The molecule has 2 heterocycles. The molecule has 0 unspecified atom stereocenters. The van der Waals surface area contributed by atoms with Crippen LogP contribution < -0.4 is 5.32 Å². The highest BCUT2D eigenvalue weighted by Gasteiger charge is 2.23. The van der Waals surface area contributed by atoms with E-state index in [-0.39, 0.29) is 6.04 Å². The number of hydrogen-bond donors (Lipinski definition) is 1. The van der Waals surface area contributed by atoms with Gasteiger partial charge < -0.3 is 9.88 Å². The van der Waals surface area contributed by atoms with Gasteiger partial charge in [0.1, 0.15) is 0 Å². The Balaban J connectivity index is 2.16. The van der Waals surface area contributed by atoms with Gasteiger partial charge in [-0.3, -0.25) is 4.90 Å². The summed E-state index contributed by atoms with van der Waals surface area (Å²) in [6, 6.07) is 6.71. The second-order valence-corrected chi connectivity index (χ2v) is 4.21. The molecule has 1 aromatic rings. The van der Waals surface area contributed by atoms with Crippen molar-refractivity contribution >= 4 is 0 Å². The summed E-state index contributed by atoms with van der Waals surface area (Å²) in [5, 5.41) is 12.3. The van der Waals surface area contributed by atoms with E-state index in [9.17, 15) is 0 Å². The first-order valence-corrected chi connectivity index (χ1v) is 5.76. The molecule has 0 aromatic carbocycles. The van der Waals surface area contributed by atoms with E-state index < -0.39 is 0 Å². The lowest BCUT2D eigenvalue weighted by molar-refractivity contribution is 0.170. The van der Waals surface area contributed by atoms with Gasteiger partial charge >= 0.3 is 0 Å². The monoisotopic (exact) mass is 218 g/mol. The van der Waals surface area contributed by atoms with Crippen molar-refractivity contribution in [3.8, 4) is 6.07 Å². The Morgan fingerprint density at radius 3 is 2.81 bits per heavy atom. The first-order valence-electron chi connectivity index (χ1n) is 5.76. The SMILES string of the molecule is Cn1cccc1[C@H](CC#N)N1CCNCC1. The summed E-state index contributed by atoms with van der Waals surface area (Å²) in [4.78, 5) is 2.40. The summed E-state index contributed by atoms with van der Waals surface area (Å²) in [6.07, 6.45) is 2.61. The Morgan fingerprint density at radius 1 is 1.50 bits per heavy atom. The van der Waals surface area contributed by atoms with E-state index in [1.165, 1.54) is 5.69 Å². The molecule has 86 valence electrons. The van der Waals surface area contributed by atoms with E-state index in [0.717, 1.165) is 26.2 Å². The fraction of sp³-hybridized carbons (Fsp3) is 0.583. The molecule has 0 radical (unpaired) electrons. The van der Waals surface area contributed by atoms with E-state index in [4.69, 9.17) is 5.26 Å². The van der Waals surface area contributed by atoms with Gasteiger partial charge in [0.05, 0.1) is 18.5 Å². The molecule has 1 N–H and O–H groups in total. The maximum Gasteiger partial charge on any atom is 0.0642 e. The second-order valence-electron chi connectivity index (χ2n) is 4.21. The quantitative estimate of drug-likeness (QED) is 0.819. The maximum atomic E-state index is 8.96. The minimum atomic E-state index is 0.243. The number of nitrogens with zero attached hydrogens (tertiary/aromatic N) is 3. The molecule has 0 amide bonds. The minimum absolute atomic E-state index is 0.243. The zero-order valence-electron chi connectivity index (χ0n) is 9.69. The highest BCUT2D eigenvalue weighted by atomic mass is 15.2. The van der Waals surface area contributed by atoms with Crippen molar-refractivity contribution in [1.29, 1.82) is 5.26 Å². The third kappa shape index (κ3) is 2.26. The van der Waals surface area contributed by atoms with Gasteiger partial charge in [-0.25, -0.2) is 0 Å². The summed E-state index contributed by atoms with van der Waals surface area (Å²) < 4.78 is 2.12. The Bertz CT molecular complexity index is 371. The number of aromatic nitrogens is 1. The first-order chi connectivity index (χ1) is 7.83. The van der Waals surface area contributed by atoms with E-state index >= 15 is 0 Å². The summed E-state index contributed by atoms with van der Waals surface area (Å²) in [5.41, 5.74) is 1.24. The number of hydrogen-bond acceptors (Lipinski definition) is 3. The standard InChI is InChI=1S/C12H18N4/c1-15-8-2-3-11(15)12(4-5-13)16-9-6-14-7-10-16/h2-3,8,12,14H,4,6-7,9-10H2,1H3/t12-/m0/s1. The fourth-order valence-corrected chi connectivity index (χ4v) is 2.32. The Labute approximate surface area is 96.5 Å². The number of aryl methyl sites for hydroxylation is 1. The topological polar surface area (TPSA) is 44.0 Å². The summed E-state index contributed by atoms with van der Waals surface area (Å²) >= 11 is 0. The number of piperazine rings is 1. The van der Waals surface area contributed by atoms with Crippen LogP contribution in [-0.4, -0.2) is 35.6 Å². The molecule has 4 nitrogen and oxygen atoms in total. The molecule has 16 heavy (non-hydrogen) atoms. The van der Waals surface area contributed by atoms with Crippen molar-refractivity contribution < 1.29 is 0 Å². The highest BCUT2D eigenvalue weighted by molar-refractivity contribution is 5.13. The summed E-state index contributed by atoms with van der Waals surface area (Å²) in [7, 11) is 2.04. The van der Waals surface area contributed by atoms with Crippen LogP contribution in [0.4, 0.5) is 0 Å². The average molecular weight is 218 g/mol. The van der Waals surface area contributed by atoms with Crippen molar-refractivity contribution in [2.75, 3.05) is 26.2 Å². The number of rotatable bonds is 3. The number of nitrogens with one attached hydrogen (secondary N) is 1. The molecule has 0 bridgehead atoms. The lowest BCUT2D eigenvalue weighted by Gasteiger charge is -2.34. The molecule has 0 aliphatic carbocycles. The van der Waals surface area contributed by atoms with Crippen LogP contribution in [0.2, 0.25) is 0 Å². The molecular weight excluding hydrogens is 200 g/mol. The van der Waals surface area contributed by atoms with Crippen LogP contribution in [0, 0.1) is 11.3 Å². The lowest BCUT2D eigenvalue weighted by atomic mass is 10.1. The van der Waals surface area contributed by atoms with Crippen molar-refractivity contribution in [1.82, 2.24) is 14.8 Å². The highest BCUT2D eigenvalue weighted by Crippen LogP contribution is 2.24. The predicted octanol–water partition coefficient (Wildman–Crippen LogP) is 0.885. The van der Waals surface area contributed by atoms with E-state index in [1.807, 2.05) is 19.3 Å². The van der Waals surface area contributed by atoms with Crippen molar-refractivity contribution in [3.63, 3.8) is 0 Å². The van der Waals surface area contributed by atoms with Crippen molar-refractivity contribution in [3.05, 3.63) is 24.0 Å². The predicted molar refractivity (Wildman–Crippen MR) is 62.8 cm³/mol. The third-order valence-electron chi connectivity index (χ3n) is 3.20. The molecule has 0 saturated carbocycles. The summed E-state index contributed by atoms with van der Waals surface area (Å²) in [5.74, 6) is 0. The van der Waals surface area contributed by atoms with Gasteiger partial charge in [-0.2, -0.15) is 5.26 Å². The van der Waals surface area contributed by atoms with Gasteiger partial charge in [0, 0.05) is 45.1 Å². The zero-order valence-corrected chi connectivity index (χ0v) is 9.69. The number of nitriles is 1. The molecule has 4 heteroatoms. The van der Waals surface area contributed by atoms with E-state index in [2.05, 4.69) is 26.9 Å².